The van der Waals surface area contributed by atoms with Gasteiger partial charge in [-0.2, -0.15) is 0 Å². The van der Waals surface area contributed by atoms with Gasteiger partial charge in [0.2, 0.25) is 0 Å². The molecule has 3 aliphatic heterocycles. The molecule has 0 saturated carbocycles. The zero-order valence-electron chi connectivity index (χ0n) is 16.4. The molecule has 2 unspecified atom stereocenters. The number of benzene rings is 3. The summed E-state index contributed by atoms with van der Waals surface area (Å²) in [5, 5.41) is 3.82. The molecule has 144 valence electrons. The van der Waals surface area contributed by atoms with E-state index >= 15 is 0 Å². The van der Waals surface area contributed by atoms with E-state index in [0.29, 0.717) is 18.1 Å². The van der Waals surface area contributed by atoms with Gasteiger partial charge in [0.25, 0.3) is 0 Å². The molecule has 2 saturated heterocycles. The third-order valence-electron chi connectivity index (χ3n) is 6.92. The van der Waals surface area contributed by atoms with Crippen LogP contribution < -0.4 is 5.32 Å². The van der Waals surface area contributed by atoms with Crippen LogP contribution in [-0.4, -0.2) is 29.7 Å². The summed E-state index contributed by atoms with van der Waals surface area (Å²) in [5.41, 5.74) is 5.33. The van der Waals surface area contributed by atoms with Crippen LogP contribution in [0.3, 0.4) is 0 Å². The molecule has 1 N–H and O–H groups in total. The molecular weight excluding hydrogens is 354 g/mol. The summed E-state index contributed by atoms with van der Waals surface area (Å²) in [6.07, 6.45) is 3.39. The van der Waals surface area contributed by atoms with Crippen LogP contribution in [0.25, 0.3) is 0 Å². The van der Waals surface area contributed by atoms with Gasteiger partial charge in [-0.25, -0.2) is 0 Å². The van der Waals surface area contributed by atoms with Gasteiger partial charge < -0.3 is 5.32 Å². The molecule has 3 aromatic carbocycles. The SMILES string of the molecule is C1=Nc2ccccc2[C@]12CCN(Cc1ccccc1)C2[C@@H]1NC1c1ccccc1. The van der Waals surface area contributed by atoms with Crippen LogP contribution in [0.2, 0.25) is 0 Å². The molecule has 6 rings (SSSR count). The lowest BCUT2D eigenvalue weighted by molar-refractivity contribution is 0.218. The Morgan fingerprint density at radius 1 is 0.897 bits per heavy atom. The Morgan fingerprint density at radius 2 is 1.62 bits per heavy atom. The van der Waals surface area contributed by atoms with Gasteiger partial charge in [0.05, 0.1) is 11.1 Å². The Balaban J connectivity index is 1.38. The second-order valence-electron chi connectivity index (χ2n) is 8.55. The van der Waals surface area contributed by atoms with Crippen molar-refractivity contribution >= 4 is 11.9 Å². The van der Waals surface area contributed by atoms with E-state index in [1.807, 2.05) is 0 Å². The fourth-order valence-electron chi connectivity index (χ4n) is 5.54. The molecule has 3 heterocycles. The Labute approximate surface area is 172 Å². The molecule has 0 aromatic heterocycles. The quantitative estimate of drug-likeness (QED) is 0.671. The van der Waals surface area contributed by atoms with Crippen molar-refractivity contribution in [3.05, 3.63) is 102 Å². The first-order chi connectivity index (χ1) is 14.4. The lowest BCUT2D eigenvalue weighted by Gasteiger charge is -2.34. The highest BCUT2D eigenvalue weighted by Crippen LogP contribution is 2.52. The first kappa shape index (κ1) is 17.1. The lowest BCUT2D eigenvalue weighted by atomic mass is 9.74. The first-order valence-electron chi connectivity index (χ1n) is 10.6. The van der Waals surface area contributed by atoms with E-state index < -0.39 is 0 Å². The van der Waals surface area contributed by atoms with E-state index in [0.717, 1.165) is 25.2 Å². The number of fused-ring (bicyclic) bond motifs is 2. The van der Waals surface area contributed by atoms with Crippen LogP contribution >= 0.6 is 0 Å². The highest BCUT2D eigenvalue weighted by molar-refractivity contribution is 5.87. The smallest absolute Gasteiger partial charge is 0.0668 e. The minimum Gasteiger partial charge on any atom is -0.302 e. The summed E-state index contributed by atoms with van der Waals surface area (Å²) < 4.78 is 0. The zero-order chi connectivity index (χ0) is 19.3. The minimum atomic E-state index is 0.00652. The van der Waals surface area contributed by atoms with E-state index in [-0.39, 0.29) is 5.41 Å². The predicted molar refractivity (Wildman–Crippen MR) is 118 cm³/mol. The molecule has 3 aromatic rings. The number of para-hydroxylation sites is 1. The van der Waals surface area contributed by atoms with E-state index in [4.69, 9.17) is 4.99 Å². The molecule has 0 bridgehead atoms. The van der Waals surface area contributed by atoms with E-state index in [9.17, 15) is 0 Å². The van der Waals surface area contributed by atoms with Crippen LogP contribution in [-0.2, 0) is 12.0 Å². The number of aliphatic imine (C=N–C) groups is 1. The lowest BCUT2D eigenvalue weighted by Crippen LogP contribution is -2.47. The van der Waals surface area contributed by atoms with E-state index in [1.165, 1.54) is 16.7 Å². The van der Waals surface area contributed by atoms with Gasteiger partial charge in [0.1, 0.15) is 0 Å². The van der Waals surface area contributed by atoms with Crippen molar-refractivity contribution in [1.82, 2.24) is 10.2 Å². The normalized spacial score (nSPS) is 30.0. The highest BCUT2D eigenvalue weighted by atomic mass is 15.3. The molecule has 0 amide bonds. The minimum absolute atomic E-state index is 0.00652. The molecule has 29 heavy (non-hydrogen) atoms. The maximum atomic E-state index is 4.85. The average molecular weight is 380 g/mol. The molecule has 3 nitrogen and oxygen atoms in total. The standard InChI is InChI=1S/C26H25N3/c1-3-9-19(10-4-1)17-29-16-15-26(18-27-22-14-8-7-13-21(22)26)25(29)24-23(28-24)20-11-5-2-6-12-20/h1-14,18,23-25,28H,15-17H2/t23?,24-,25?,26+/m1/s1. The van der Waals surface area contributed by atoms with Gasteiger partial charge in [-0.05, 0) is 29.2 Å². The highest BCUT2D eigenvalue weighted by Gasteiger charge is 2.59. The maximum absolute atomic E-state index is 4.85. The molecule has 3 aliphatic rings. The van der Waals surface area contributed by atoms with Crippen LogP contribution in [0.15, 0.2) is 89.9 Å². The van der Waals surface area contributed by atoms with Gasteiger partial charge in [-0.1, -0.05) is 78.9 Å². The Hall–Kier alpha value is -2.75. The number of hydrogen-bond acceptors (Lipinski definition) is 3. The van der Waals surface area contributed by atoms with E-state index in [2.05, 4.69) is 101 Å². The van der Waals surface area contributed by atoms with Gasteiger partial charge >= 0.3 is 0 Å². The van der Waals surface area contributed by atoms with Crippen molar-refractivity contribution in [3.63, 3.8) is 0 Å². The summed E-state index contributed by atoms with van der Waals surface area (Å²) in [6, 6.07) is 31.7. The molecule has 0 aliphatic carbocycles. The Morgan fingerprint density at radius 3 is 2.45 bits per heavy atom. The van der Waals surface area contributed by atoms with Crippen molar-refractivity contribution in [2.24, 2.45) is 4.99 Å². The van der Waals surface area contributed by atoms with Gasteiger partial charge in [-0.3, -0.25) is 9.89 Å². The molecule has 0 radical (unpaired) electrons. The van der Waals surface area contributed by atoms with Crippen LogP contribution in [0.4, 0.5) is 5.69 Å². The number of rotatable bonds is 4. The topological polar surface area (TPSA) is 37.5 Å². The fraction of sp³-hybridized carbons (Fsp3) is 0.269. The second-order valence-corrected chi connectivity index (χ2v) is 8.55. The maximum Gasteiger partial charge on any atom is 0.0668 e. The third kappa shape index (κ3) is 2.77. The number of likely N-dealkylation sites (tertiary alicyclic amines) is 1. The molecule has 4 atom stereocenters. The van der Waals surface area contributed by atoms with Gasteiger partial charge in [-0.15, -0.1) is 0 Å². The molecular formula is C26H25N3. The summed E-state index contributed by atoms with van der Waals surface area (Å²) in [7, 11) is 0. The summed E-state index contributed by atoms with van der Waals surface area (Å²) in [6.45, 7) is 2.09. The molecule has 3 heteroatoms. The van der Waals surface area contributed by atoms with Crippen molar-refractivity contribution < 1.29 is 0 Å². The fourth-order valence-corrected chi connectivity index (χ4v) is 5.54. The average Bonchev–Trinajstić information content (AvgIpc) is 3.36. The number of nitrogens with zero attached hydrogens (tertiary/aromatic N) is 2. The monoisotopic (exact) mass is 379 g/mol. The van der Waals surface area contributed by atoms with Crippen LogP contribution in [0.1, 0.15) is 29.2 Å². The summed E-state index contributed by atoms with van der Waals surface area (Å²) in [5.74, 6) is 0. The van der Waals surface area contributed by atoms with Gasteiger partial charge in [0.15, 0.2) is 0 Å². The number of nitrogens with one attached hydrogen (secondary N) is 1. The predicted octanol–water partition coefficient (Wildman–Crippen LogP) is 4.63. The van der Waals surface area contributed by atoms with E-state index in [1.54, 1.807) is 0 Å². The van der Waals surface area contributed by atoms with Crippen molar-refractivity contribution in [2.45, 2.75) is 36.5 Å². The van der Waals surface area contributed by atoms with Crippen molar-refractivity contribution in [1.29, 1.82) is 0 Å². The second kappa shape index (κ2) is 6.65. The zero-order valence-corrected chi connectivity index (χ0v) is 16.4. The number of hydrogen-bond donors (Lipinski definition) is 1. The third-order valence-corrected chi connectivity index (χ3v) is 6.92. The Kier molecular flexibility index (Phi) is 3.93. The molecule has 1 spiro atoms. The first-order valence-corrected chi connectivity index (χ1v) is 10.6. The summed E-state index contributed by atoms with van der Waals surface area (Å²) in [4.78, 5) is 7.54. The largest absolute Gasteiger partial charge is 0.302 e. The van der Waals surface area contributed by atoms with Crippen molar-refractivity contribution in [2.75, 3.05) is 6.54 Å². The van der Waals surface area contributed by atoms with Crippen LogP contribution in [0, 0.1) is 0 Å². The van der Waals surface area contributed by atoms with Crippen molar-refractivity contribution in [3.8, 4) is 0 Å². The molecule has 2 fully saturated rings. The van der Waals surface area contributed by atoms with Crippen LogP contribution in [0.5, 0.6) is 0 Å². The van der Waals surface area contributed by atoms with Gasteiger partial charge in [0, 0.05) is 37.4 Å². The Bertz CT molecular complexity index is 1050. The summed E-state index contributed by atoms with van der Waals surface area (Å²) >= 11 is 0.